The van der Waals surface area contributed by atoms with Gasteiger partial charge in [0.25, 0.3) is 0 Å². The lowest BCUT2D eigenvalue weighted by Gasteiger charge is -2.29. The van der Waals surface area contributed by atoms with Crippen LogP contribution in [0.3, 0.4) is 0 Å². The van der Waals surface area contributed by atoms with Crippen LogP contribution in [0.5, 0.6) is 11.5 Å². The van der Waals surface area contributed by atoms with E-state index in [-0.39, 0.29) is 0 Å². The Morgan fingerprint density at radius 1 is 1.20 bits per heavy atom. The van der Waals surface area contributed by atoms with Crippen LogP contribution in [0, 0.1) is 6.92 Å². The van der Waals surface area contributed by atoms with Crippen molar-refractivity contribution in [1.82, 2.24) is 14.9 Å². The van der Waals surface area contributed by atoms with Crippen molar-refractivity contribution in [1.29, 1.82) is 0 Å². The van der Waals surface area contributed by atoms with Gasteiger partial charge in [-0.2, -0.15) is 0 Å². The molecule has 1 aromatic heterocycles. The third kappa shape index (κ3) is 3.33. The molecule has 0 spiro atoms. The van der Waals surface area contributed by atoms with Gasteiger partial charge in [-0.05, 0) is 31.4 Å². The van der Waals surface area contributed by atoms with Gasteiger partial charge < -0.3 is 9.47 Å². The number of aromatic nitrogens is 2. The lowest BCUT2D eigenvalue weighted by atomic mass is 10.0. The molecule has 1 aromatic carbocycles. The summed E-state index contributed by atoms with van der Waals surface area (Å²) in [6, 6.07) is 4.03. The second kappa shape index (κ2) is 6.64. The van der Waals surface area contributed by atoms with Crippen molar-refractivity contribution in [2.75, 3.05) is 20.8 Å². The van der Waals surface area contributed by atoms with E-state index in [0.717, 1.165) is 43.4 Å². The molecule has 2 aliphatic rings. The van der Waals surface area contributed by atoms with E-state index >= 15 is 0 Å². The van der Waals surface area contributed by atoms with Gasteiger partial charge in [0.15, 0.2) is 0 Å². The number of fused-ring (bicyclic) bond motifs is 1. The summed E-state index contributed by atoms with van der Waals surface area (Å²) in [6.45, 7) is 4.89. The summed E-state index contributed by atoms with van der Waals surface area (Å²) in [5.74, 6) is 3.40. The molecule has 0 radical (unpaired) electrons. The van der Waals surface area contributed by atoms with Gasteiger partial charge in [0.1, 0.15) is 17.3 Å². The summed E-state index contributed by atoms with van der Waals surface area (Å²) in [5, 5.41) is 0. The fourth-order valence-corrected chi connectivity index (χ4v) is 3.54. The van der Waals surface area contributed by atoms with Crippen molar-refractivity contribution in [2.24, 2.45) is 0 Å². The lowest BCUT2D eigenvalue weighted by molar-refractivity contribution is 0.238. The van der Waals surface area contributed by atoms with Crippen LogP contribution in [0.2, 0.25) is 0 Å². The quantitative estimate of drug-likeness (QED) is 0.837. The van der Waals surface area contributed by atoms with Crippen LogP contribution in [-0.4, -0.2) is 35.6 Å². The summed E-state index contributed by atoms with van der Waals surface area (Å²) >= 11 is 0. The number of hydrogen-bond donors (Lipinski definition) is 0. The van der Waals surface area contributed by atoms with Crippen molar-refractivity contribution in [2.45, 2.75) is 45.2 Å². The maximum Gasteiger partial charge on any atom is 0.131 e. The molecule has 0 atom stereocenters. The third-order valence-corrected chi connectivity index (χ3v) is 5.22. The summed E-state index contributed by atoms with van der Waals surface area (Å²) in [4.78, 5) is 11.8. The summed E-state index contributed by atoms with van der Waals surface area (Å²) in [7, 11) is 3.40. The monoisotopic (exact) mass is 339 g/mol. The molecule has 2 aromatic rings. The molecule has 132 valence electrons. The first-order chi connectivity index (χ1) is 12.2. The van der Waals surface area contributed by atoms with Crippen molar-refractivity contribution in [3.63, 3.8) is 0 Å². The summed E-state index contributed by atoms with van der Waals surface area (Å²) < 4.78 is 11.0. The number of benzene rings is 1. The molecular formula is C20H25N3O2. The summed E-state index contributed by atoms with van der Waals surface area (Å²) in [6.07, 6.45) is 5.54. The smallest absolute Gasteiger partial charge is 0.131 e. The van der Waals surface area contributed by atoms with Crippen LogP contribution < -0.4 is 9.47 Å². The highest BCUT2D eigenvalue weighted by atomic mass is 16.5. The Labute approximate surface area is 149 Å². The van der Waals surface area contributed by atoms with Gasteiger partial charge >= 0.3 is 0 Å². The highest BCUT2D eigenvalue weighted by molar-refractivity contribution is 5.46. The Morgan fingerprint density at radius 3 is 2.76 bits per heavy atom. The molecule has 0 N–H and O–H groups in total. The average molecular weight is 339 g/mol. The second-order valence-electron chi connectivity index (χ2n) is 7.06. The van der Waals surface area contributed by atoms with E-state index < -0.39 is 0 Å². The fraction of sp³-hybridized carbons (Fsp3) is 0.500. The third-order valence-electron chi connectivity index (χ3n) is 5.22. The molecule has 1 aliphatic carbocycles. The largest absolute Gasteiger partial charge is 0.497 e. The Morgan fingerprint density at radius 2 is 2.04 bits per heavy atom. The van der Waals surface area contributed by atoms with Gasteiger partial charge in [0, 0.05) is 61.1 Å². The van der Waals surface area contributed by atoms with E-state index in [0.29, 0.717) is 5.92 Å². The van der Waals surface area contributed by atoms with Crippen molar-refractivity contribution >= 4 is 0 Å². The standard InChI is InChI=1S/C20H25N3O2/c1-13-8-16(24-2)9-19(25-3)17(13)12-23-7-6-18-15(11-23)10-21-20(22-18)14-4-5-14/h8-10,14H,4-7,11-12H2,1-3H3. The van der Waals surface area contributed by atoms with Gasteiger partial charge in [-0.15, -0.1) is 0 Å². The van der Waals surface area contributed by atoms with Crippen LogP contribution in [-0.2, 0) is 19.5 Å². The van der Waals surface area contributed by atoms with Gasteiger partial charge in [-0.3, -0.25) is 4.90 Å². The maximum atomic E-state index is 5.60. The Hall–Kier alpha value is -2.14. The van der Waals surface area contributed by atoms with Crippen LogP contribution >= 0.6 is 0 Å². The average Bonchev–Trinajstić information content (AvgIpc) is 3.47. The van der Waals surface area contributed by atoms with Crippen molar-refractivity contribution in [3.05, 3.63) is 46.5 Å². The van der Waals surface area contributed by atoms with E-state index in [1.165, 1.54) is 35.2 Å². The molecule has 5 nitrogen and oxygen atoms in total. The van der Waals surface area contributed by atoms with Gasteiger partial charge in [-0.1, -0.05) is 0 Å². The SMILES string of the molecule is COc1cc(C)c(CN2CCc3nc(C4CC4)ncc3C2)c(OC)c1. The van der Waals surface area contributed by atoms with Crippen LogP contribution in [0.15, 0.2) is 18.3 Å². The first-order valence-corrected chi connectivity index (χ1v) is 8.96. The van der Waals surface area contributed by atoms with E-state index in [1.807, 2.05) is 12.3 Å². The van der Waals surface area contributed by atoms with Crippen LogP contribution in [0.4, 0.5) is 0 Å². The Bertz CT molecular complexity index is 787. The number of nitrogens with zero attached hydrogens (tertiary/aromatic N) is 3. The zero-order chi connectivity index (χ0) is 17.4. The zero-order valence-electron chi connectivity index (χ0n) is 15.2. The molecule has 25 heavy (non-hydrogen) atoms. The van der Waals surface area contributed by atoms with Crippen LogP contribution in [0.25, 0.3) is 0 Å². The Balaban J connectivity index is 1.53. The Kier molecular flexibility index (Phi) is 4.34. The minimum atomic E-state index is 0.620. The zero-order valence-corrected chi connectivity index (χ0v) is 15.2. The normalized spacial score (nSPS) is 17.2. The van der Waals surface area contributed by atoms with Gasteiger partial charge in [-0.25, -0.2) is 9.97 Å². The molecular weight excluding hydrogens is 314 g/mol. The fourth-order valence-electron chi connectivity index (χ4n) is 3.54. The number of methoxy groups -OCH3 is 2. The number of hydrogen-bond acceptors (Lipinski definition) is 5. The molecule has 1 saturated carbocycles. The van der Waals surface area contributed by atoms with Crippen molar-refractivity contribution < 1.29 is 9.47 Å². The minimum absolute atomic E-state index is 0.620. The predicted octanol–water partition coefficient (Wildman–Crippen LogP) is 3.24. The molecule has 1 fully saturated rings. The molecule has 0 amide bonds. The number of aryl methyl sites for hydroxylation is 1. The highest BCUT2D eigenvalue weighted by Crippen LogP contribution is 2.38. The number of rotatable bonds is 5. The van der Waals surface area contributed by atoms with Crippen LogP contribution in [0.1, 0.15) is 47.0 Å². The van der Waals surface area contributed by atoms with E-state index in [9.17, 15) is 0 Å². The first-order valence-electron chi connectivity index (χ1n) is 8.96. The molecule has 0 unspecified atom stereocenters. The maximum absolute atomic E-state index is 5.60. The summed E-state index contributed by atoms with van der Waals surface area (Å²) in [5.41, 5.74) is 4.93. The predicted molar refractivity (Wildman–Crippen MR) is 96.1 cm³/mol. The van der Waals surface area contributed by atoms with E-state index in [2.05, 4.69) is 22.9 Å². The first kappa shape index (κ1) is 16.3. The number of ether oxygens (including phenoxy) is 2. The lowest BCUT2D eigenvalue weighted by Crippen LogP contribution is -2.31. The highest BCUT2D eigenvalue weighted by Gasteiger charge is 2.28. The topological polar surface area (TPSA) is 47.5 Å². The van der Waals surface area contributed by atoms with E-state index in [1.54, 1.807) is 14.2 Å². The van der Waals surface area contributed by atoms with Gasteiger partial charge in [0.05, 0.1) is 14.2 Å². The molecule has 1 aliphatic heterocycles. The molecule has 2 heterocycles. The minimum Gasteiger partial charge on any atom is -0.497 e. The molecule has 5 heteroatoms. The molecule has 0 bridgehead atoms. The second-order valence-corrected chi connectivity index (χ2v) is 7.06. The molecule has 0 saturated heterocycles. The van der Waals surface area contributed by atoms with Crippen molar-refractivity contribution in [3.8, 4) is 11.5 Å². The van der Waals surface area contributed by atoms with E-state index in [4.69, 9.17) is 14.5 Å². The molecule has 4 rings (SSSR count). The van der Waals surface area contributed by atoms with Gasteiger partial charge in [0.2, 0.25) is 0 Å².